The molecular formula is C19H16N2O5. The number of carbonyl (C=O) groups excluding carboxylic acids is 2. The van der Waals surface area contributed by atoms with Crippen LogP contribution >= 0.6 is 0 Å². The van der Waals surface area contributed by atoms with Crippen molar-refractivity contribution in [3.63, 3.8) is 0 Å². The van der Waals surface area contributed by atoms with Gasteiger partial charge in [0.05, 0.1) is 11.8 Å². The Labute approximate surface area is 149 Å². The summed E-state index contributed by atoms with van der Waals surface area (Å²) in [6.45, 7) is -0.556. The van der Waals surface area contributed by atoms with Crippen molar-refractivity contribution in [3.8, 4) is 0 Å². The van der Waals surface area contributed by atoms with E-state index in [1.807, 2.05) is 0 Å². The first-order valence-electron chi connectivity index (χ1n) is 7.59. The molecule has 26 heavy (non-hydrogen) atoms. The Balaban J connectivity index is 2.01. The molecule has 1 amide bonds. The lowest BCUT2D eigenvalue weighted by molar-refractivity contribution is -0.117. The third-order valence-electron chi connectivity index (χ3n) is 3.35. The minimum absolute atomic E-state index is 0.0825. The molecule has 0 fully saturated rings. The van der Waals surface area contributed by atoms with Gasteiger partial charge in [0, 0.05) is 11.1 Å². The van der Waals surface area contributed by atoms with Gasteiger partial charge in [-0.1, -0.05) is 36.4 Å². The summed E-state index contributed by atoms with van der Waals surface area (Å²) in [5, 5.41) is 21.5. The van der Waals surface area contributed by atoms with E-state index in [2.05, 4.69) is 10.5 Å². The van der Waals surface area contributed by atoms with Gasteiger partial charge in [-0.05, 0) is 29.8 Å². The lowest BCUT2D eigenvalue weighted by atomic mass is 10.1. The zero-order valence-corrected chi connectivity index (χ0v) is 13.6. The number of carboxylic acid groups (broad SMARTS) is 1. The van der Waals surface area contributed by atoms with Crippen LogP contribution in [-0.2, 0) is 4.79 Å². The van der Waals surface area contributed by atoms with E-state index in [-0.39, 0.29) is 5.56 Å². The molecule has 0 aliphatic heterocycles. The first-order valence-corrected chi connectivity index (χ1v) is 7.59. The Morgan fingerprint density at radius 2 is 1.73 bits per heavy atom. The predicted octanol–water partition coefficient (Wildman–Crippen LogP) is 1.72. The van der Waals surface area contributed by atoms with Gasteiger partial charge in [-0.25, -0.2) is 10.2 Å². The summed E-state index contributed by atoms with van der Waals surface area (Å²) in [6, 6.07) is 12.7. The predicted molar refractivity (Wildman–Crippen MR) is 96.0 cm³/mol. The Hall–Kier alpha value is -3.58. The van der Waals surface area contributed by atoms with Gasteiger partial charge in [0.15, 0.2) is 5.78 Å². The zero-order valence-electron chi connectivity index (χ0n) is 13.6. The second-order valence-corrected chi connectivity index (χ2v) is 5.17. The molecule has 2 rings (SSSR count). The smallest absolute Gasteiger partial charge is 0.336 e. The number of aliphatic hydroxyl groups excluding tert-OH is 1. The minimum Gasteiger partial charge on any atom is -0.478 e. The summed E-state index contributed by atoms with van der Waals surface area (Å²) in [5.41, 5.74) is 3.82. The van der Waals surface area contributed by atoms with Gasteiger partial charge >= 0.3 is 5.97 Å². The molecule has 0 aliphatic carbocycles. The normalized spacial score (nSPS) is 11.0. The van der Waals surface area contributed by atoms with Gasteiger partial charge in [0.25, 0.3) is 5.91 Å². The summed E-state index contributed by atoms with van der Waals surface area (Å²) in [7, 11) is 0. The number of hydrogen-bond donors (Lipinski definition) is 3. The highest BCUT2D eigenvalue weighted by Crippen LogP contribution is 2.07. The fourth-order valence-corrected chi connectivity index (χ4v) is 2.02. The molecule has 7 nitrogen and oxygen atoms in total. The molecule has 2 aromatic rings. The summed E-state index contributed by atoms with van der Waals surface area (Å²) in [5.74, 6) is -1.96. The fraction of sp³-hybridized carbons (Fsp3) is 0.0526. The number of hydrogen-bond acceptors (Lipinski definition) is 5. The van der Waals surface area contributed by atoms with Gasteiger partial charge in [-0.2, -0.15) is 5.10 Å². The molecule has 132 valence electrons. The number of nitrogens with zero attached hydrogens (tertiary/aromatic N) is 1. The second kappa shape index (κ2) is 9.05. The molecule has 0 saturated carbocycles. The van der Waals surface area contributed by atoms with E-state index in [9.17, 15) is 14.4 Å². The highest BCUT2D eigenvalue weighted by Gasteiger charge is 2.07. The van der Waals surface area contributed by atoms with Crippen molar-refractivity contribution in [2.24, 2.45) is 5.10 Å². The molecule has 2 aromatic carbocycles. The van der Waals surface area contributed by atoms with Crippen LogP contribution in [0.5, 0.6) is 0 Å². The van der Waals surface area contributed by atoms with E-state index in [1.54, 1.807) is 42.5 Å². The lowest BCUT2D eigenvalue weighted by Gasteiger charge is -2.02. The summed E-state index contributed by atoms with van der Waals surface area (Å²) in [6.07, 6.45) is 4.04. The number of aliphatic hydroxyl groups is 1. The van der Waals surface area contributed by atoms with Crippen LogP contribution in [0.1, 0.15) is 31.8 Å². The largest absolute Gasteiger partial charge is 0.478 e. The number of ketones is 1. The first-order chi connectivity index (χ1) is 12.5. The number of benzene rings is 2. The van der Waals surface area contributed by atoms with Crippen LogP contribution in [0.3, 0.4) is 0 Å². The lowest BCUT2D eigenvalue weighted by Crippen LogP contribution is -2.17. The number of amides is 1. The van der Waals surface area contributed by atoms with E-state index >= 15 is 0 Å². The van der Waals surface area contributed by atoms with Crippen LogP contribution in [-0.4, -0.2) is 40.7 Å². The highest BCUT2D eigenvalue weighted by atomic mass is 16.4. The zero-order chi connectivity index (χ0) is 18.9. The Bertz CT molecular complexity index is 870. The van der Waals surface area contributed by atoms with E-state index in [0.29, 0.717) is 16.7 Å². The molecule has 0 atom stereocenters. The first kappa shape index (κ1) is 18.8. The van der Waals surface area contributed by atoms with Crippen LogP contribution in [0, 0.1) is 0 Å². The summed E-state index contributed by atoms with van der Waals surface area (Å²) < 4.78 is 0. The topological polar surface area (TPSA) is 116 Å². The molecule has 0 spiro atoms. The van der Waals surface area contributed by atoms with Gasteiger partial charge in [-0.15, -0.1) is 0 Å². The molecule has 3 N–H and O–H groups in total. The number of rotatable bonds is 7. The molecule has 0 heterocycles. The number of aromatic carboxylic acids is 1. The molecule has 7 heteroatoms. The van der Waals surface area contributed by atoms with Crippen LogP contribution in [0.15, 0.2) is 59.7 Å². The van der Waals surface area contributed by atoms with Crippen molar-refractivity contribution in [2.45, 2.75) is 0 Å². The van der Waals surface area contributed by atoms with Crippen LogP contribution < -0.4 is 5.43 Å². The molecule has 0 bridgehead atoms. The number of nitrogens with one attached hydrogen (secondary N) is 1. The van der Waals surface area contributed by atoms with Crippen molar-refractivity contribution in [1.82, 2.24) is 5.43 Å². The number of carboxylic acids is 1. The van der Waals surface area contributed by atoms with Crippen LogP contribution in [0.25, 0.3) is 6.08 Å². The molecule has 0 unspecified atom stereocenters. The third kappa shape index (κ3) is 5.22. The average Bonchev–Trinajstić information content (AvgIpc) is 2.66. The second-order valence-electron chi connectivity index (χ2n) is 5.17. The van der Waals surface area contributed by atoms with Crippen molar-refractivity contribution >= 4 is 30.0 Å². The van der Waals surface area contributed by atoms with Crippen molar-refractivity contribution in [2.75, 3.05) is 6.61 Å². The number of hydrazone groups is 1. The van der Waals surface area contributed by atoms with Gasteiger partial charge < -0.3 is 10.2 Å². The molecular weight excluding hydrogens is 336 g/mol. The molecule has 0 saturated heterocycles. The van der Waals surface area contributed by atoms with Crippen LogP contribution in [0.2, 0.25) is 0 Å². The maximum atomic E-state index is 12.0. The Morgan fingerprint density at radius 3 is 2.38 bits per heavy atom. The van der Waals surface area contributed by atoms with Crippen molar-refractivity contribution in [1.29, 1.82) is 0 Å². The highest BCUT2D eigenvalue weighted by molar-refractivity contribution is 5.99. The van der Waals surface area contributed by atoms with Gasteiger partial charge in [0.2, 0.25) is 0 Å². The summed E-state index contributed by atoms with van der Waals surface area (Å²) in [4.78, 5) is 34.1. The Morgan fingerprint density at radius 1 is 1.04 bits per heavy atom. The standard InChI is InChI=1S/C19H16N2O5/c22-12-16(23)10-7-13-5-8-14(9-6-13)18(24)21-20-11-15-3-1-2-4-17(15)19(25)26/h1-11,22H,12H2,(H,21,24)(H,25,26)/b10-7+,20-11+. The van der Waals surface area contributed by atoms with Crippen molar-refractivity contribution < 1.29 is 24.6 Å². The third-order valence-corrected chi connectivity index (χ3v) is 3.35. The number of carbonyl (C=O) groups is 3. The van der Waals surface area contributed by atoms with Crippen LogP contribution in [0.4, 0.5) is 0 Å². The van der Waals surface area contributed by atoms with Gasteiger partial charge in [0.1, 0.15) is 6.61 Å². The molecule has 0 aromatic heterocycles. The minimum atomic E-state index is -1.08. The van der Waals surface area contributed by atoms with E-state index < -0.39 is 24.3 Å². The maximum Gasteiger partial charge on any atom is 0.336 e. The van der Waals surface area contributed by atoms with E-state index in [1.165, 1.54) is 24.4 Å². The maximum absolute atomic E-state index is 12.0. The van der Waals surface area contributed by atoms with E-state index in [4.69, 9.17) is 10.2 Å². The quantitative estimate of drug-likeness (QED) is 0.399. The fourth-order valence-electron chi connectivity index (χ4n) is 2.02. The average molecular weight is 352 g/mol. The molecule has 0 aliphatic rings. The van der Waals surface area contributed by atoms with E-state index in [0.717, 1.165) is 0 Å². The van der Waals surface area contributed by atoms with Crippen molar-refractivity contribution in [3.05, 3.63) is 76.9 Å². The SMILES string of the molecule is O=C(/C=C/c1ccc(C(=O)N/N=C/c2ccccc2C(=O)O)cc1)CO. The molecule has 0 radical (unpaired) electrons. The summed E-state index contributed by atoms with van der Waals surface area (Å²) >= 11 is 0. The Kier molecular flexibility index (Phi) is 6.53. The van der Waals surface area contributed by atoms with Gasteiger partial charge in [-0.3, -0.25) is 9.59 Å². The monoisotopic (exact) mass is 352 g/mol.